The largest absolute Gasteiger partial charge is 0.481 e. The third-order valence-corrected chi connectivity index (χ3v) is 3.33. The van der Waals surface area contributed by atoms with Gasteiger partial charge >= 0.3 is 5.97 Å². The predicted molar refractivity (Wildman–Crippen MR) is 59.8 cm³/mol. The Hall–Kier alpha value is -0.610. The van der Waals surface area contributed by atoms with E-state index in [0.717, 1.165) is 19.3 Å². The first-order valence-electron chi connectivity index (χ1n) is 6.00. The molecule has 2 atom stereocenters. The highest BCUT2D eigenvalue weighted by Gasteiger charge is 2.26. The van der Waals surface area contributed by atoms with Crippen LogP contribution in [0, 0.1) is 11.8 Å². The highest BCUT2D eigenvalue weighted by atomic mass is 16.4. The maximum Gasteiger partial charge on any atom is 0.311 e. The lowest BCUT2D eigenvalue weighted by Gasteiger charge is -2.23. The molecule has 1 saturated carbocycles. The Morgan fingerprint density at radius 2 is 1.88 bits per heavy atom. The third-order valence-electron chi connectivity index (χ3n) is 3.33. The van der Waals surface area contributed by atoms with Crippen molar-refractivity contribution >= 4 is 5.97 Å². The van der Waals surface area contributed by atoms with Crippen LogP contribution in [-0.2, 0) is 4.79 Å². The van der Waals surface area contributed by atoms with Crippen molar-refractivity contribution in [3.05, 3.63) is 5.92 Å². The summed E-state index contributed by atoms with van der Waals surface area (Å²) >= 11 is 0. The molecule has 0 amide bonds. The first-order valence-corrected chi connectivity index (χ1v) is 6.00. The van der Waals surface area contributed by atoms with Crippen LogP contribution >= 0.6 is 0 Å². The quantitative estimate of drug-likeness (QED) is 0.642. The zero-order valence-electron chi connectivity index (χ0n) is 9.56. The minimum absolute atomic E-state index is 0.451. The van der Waals surface area contributed by atoms with E-state index < -0.39 is 24.6 Å². The lowest BCUT2D eigenvalue weighted by atomic mass is 9.84. The van der Waals surface area contributed by atoms with Crippen LogP contribution in [0.2, 0.25) is 0 Å². The van der Waals surface area contributed by atoms with E-state index >= 15 is 0 Å². The summed E-state index contributed by atoms with van der Waals surface area (Å²) in [6.45, 7) is -0.494. The fourth-order valence-corrected chi connectivity index (χ4v) is 2.22. The molecule has 4 heteroatoms. The molecule has 1 radical (unpaired) electrons. The summed E-state index contributed by atoms with van der Waals surface area (Å²) in [4.78, 5) is 10.7. The molecule has 0 aromatic heterocycles. The molecule has 0 bridgehead atoms. The Bertz CT molecular complexity index is 211. The van der Waals surface area contributed by atoms with E-state index in [1.807, 2.05) is 0 Å². The molecule has 0 spiro atoms. The molecule has 3 N–H and O–H groups in total. The van der Waals surface area contributed by atoms with Crippen LogP contribution in [-0.4, -0.2) is 34.0 Å². The Labute approximate surface area is 96.3 Å². The Kier molecular flexibility index (Phi) is 5.77. The van der Waals surface area contributed by atoms with Gasteiger partial charge in [-0.3, -0.25) is 4.79 Å². The third kappa shape index (κ3) is 4.10. The number of hydrogen-bond donors (Lipinski definition) is 3. The van der Waals surface area contributed by atoms with Crippen LogP contribution in [0.1, 0.15) is 44.9 Å². The normalized spacial score (nSPS) is 21.6. The fourth-order valence-electron chi connectivity index (χ4n) is 2.22. The van der Waals surface area contributed by atoms with Crippen molar-refractivity contribution in [2.24, 2.45) is 5.92 Å². The molecule has 16 heavy (non-hydrogen) atoms. The zero-order chi connectivity index (χ0) is 12.0. The average molecular weight is 229 g/mol. The van der Waals surface area contributed by atoms with Gasteiger partial charge in [0.05, 0.1) is 12.7 Å². The van der Waals surface area contributed by atoms with Gasteiger partial charge in [0.1, 0.15) is 5.92 Å². The van der Waals surface area contributed by atoms with Gasteiger partial charge in [0.25, 0.3) is 0 Å². The molecule has 0 aromatic rings. The van der Waals surface area contributed by atoms with Crippen molar-refractivity contribution in [2.75, 3.05) is 6.61 Å². The van der Waals surface area contributed by atoms with E-state index in [-0.39, 0.29) is 0 Å². The average Bonchev–Trinajstić information content (AvgIpc) is 2.28. The van der Waals surface area contributed by atoms with Crippen LogP contribution in [0.25, 0.3) is 0 Å². The second-order valence-corrected chi connectivity index (χ2v) is 4.54. The number of carboxylic acids is 1. The number of carboxylic acid groups (broad SMARTS) is 1. The van der Waals surface area contributed by atoms with Gasteiger partial charge in [-0.05, 0) is 31.6 Å². The van der Waals surface area contributed by atoms with Gasteiger partial charge in [0.2, 0.25) is 0 Å². The molecule has 0 heterocycles. The zero-order valence-corrected chi connectivity index (χ0v) is 9.56. The summed E-state index contributed by atoms with van der Waals surface area (Å²) in [6, 6.07) is 0. The van der Waals surface area contributed by atoms with E-state index in [0.29, 0.717) is 6.42 Å². The molecule has 1 rings (SSSR count). The molecule has 1 fully saturated rings. The number of carbonyl (C=O) groups is 1. The van der Waals surface area contributed by atoms with Gasteiger partial charge in [-0.2, -0.15) is 0 Å². The molecule has 0 aliphatic heterocycles. The van der Waals surface area contributed by atoms with E-state index in [1.54, 1.807) is 0 Å². The highest BCUT2D eigenvalue weighted by molar-refractivity contribution is 5.70. The van der Waals surface area contributed by atoms with Gasteiger partial charge in [0, 0.05) is 0 Å². The lowest BCUT2D eigenvalue weighted by Crippen LogP contribution is -2.31. The van der Waals surface area contributed by atoms with E-state index in [4.69, 9.17) is 10.2 Å². The molecule has 1 aliphatic rings. The Balaban J connectivity index is 2.27. The van der Waals surface area contributed by atoms with Crippen molar-refractivity contribution in [3.63, 3.8) is 0 Å². The highest BCUT2D eigenvalue weighted by Crippen LogP contribution is 2.30. The van der Waals surface area contributed by atoms with Gasteiger partial charge in [-0.1, -0.05) is 19.3 Å². The number of rotatable bonds is 6. The second kappa shape index (κ2) is 6.86. The number of aliphatic carboxylic acids is 1. The van der Waals surface area contributed by atoms with Gasteiger partial charge in [-0.15, -0.1) is 0 Å². The fraction of sp³-hybridized carbons (Fsp3) is 0.833. The molecule has 0 aromatic carbocycles. The molecule has 0 saturated heterocycles. The van der Waals surface area contributed by atoms with Gasteiger partial charge < -0.3 is 15.3 Å². The van der Waals surface area contributed by atoms with Crippen LogP contribution in [0.5, 0.6) is 0 Å². The van der Waals surface area contributed by atoms with E-state index in [9.17, 15) is 9.90 Å². The van der Waals surface area contributed by atoms with Crippen LogP contribution in [0.4, 0.5) is 0 Å². The number of aliphatic hydroxyl groups excluding tert-OH is 2. The van der Waals surface area contributed by atoms with Crippen molar-refractivity contribution in [2.45, 2.75) is 51.0 Å². The maximum absolute atomic E-state index is 10.7. The Morgan fingerprint density at radius 3 is 2.38 bits per heavy atom. The molecule has 93 valence electrons. The van der Waals surface area contributed by atoms with Crippen molar-refractivity contribution in [1.29, 1.82) is 0 Å². The van der Waals surface area contributed by atoms with Crippen molar-refractivity contribution in [1.82, 2.24) is 0 Å². The number of aliphatic hydroxyl groups is 2. The summed E-state index contributed by atoms with van der Waals surface area (Å²) in [6.07, 6.45) is 6.25. The van der Waals surface area contributed by atoms with Gasteiger partial charge in [0.15, 0.2) is 0 Å². The van der Waals surface area contributed by atoms with Crippen LogP contribution in [0.3, 0.4) is 0 Å². The first-order chi connectivity index (χ1) is 7.65. The van der Waals surface area contributed by atoms with Crippen LogP contribution < -0.4 is 0 Å². The first kappa shape index (κ1) is 13.5. The van der Waals surface area contributed by atoms with Crippen molar-refractivity contribution in [3.8, 4) is 0 Å². The Morgan fingerprint density at radius 1 is 1.25 bits per heavy atom. The topological polar surface area (TPSA) is 77.8 Å². The van der Waals surface area contributed by atoms with Gasteiger partial charge in [-0.25, -0.2) is 0 Å². The molecular formula is C12H21O4. The standard InChI is InChI=1S/C12H21O4/c13-8-10(12(15)16)11(14)7-6-9-4-2-1-3-5-9/h10-11,13-14H,1-8H2,(H,15,16). The number of hydrogen-bond acceptors (Lipinski definition) is 3. The smallest absolute Gasteiger partial charge is 0.311 e. The minimum atomic E-state index is -1.12. The predicted octanol–water partition coefficient (Wildman–Crippen LogP) is 1.36. The molecule has 1 aliphatic carbocycles. The summed E-state index contributed by atoms with van der Waals surface area (Å²) in [5, 5.41) is 27.3. The van der Waals surface area contributed by atoms with E-state index in [1.165, 1.54) is 25.2 Å². The molecule has 4 nitrogen and oxygen atoms in total. The molecular weight excluding hydrogens is 208 g/mol. The second-order valence-electron chi connectivity index (χ2n) is 4.54. The minimum Gasteiger partial charge on any atom is -0.481 e. The summed E-state index contributed by atoms with van der Waals surface area (Å²) < 4.78 is 0. The monoisotopic (exact) mass is 229 g/mol. The summed E-state index contributed by atoms with van der Waals surface area (Å²) in [7, 11) is 0. The lowest BCUT2D eigenvalue weighted by molar-refractivity contribution is -0.147. The molecule has 2 unspecified atom stereocenters. The summed E-state index contributed by atoms with van der Waals surface area (Å²) in [5.74, 6) is -0.722. The van der Waals surface area contributed by atoms with Crippen LogP contribution in [0.15, 0.2) is 0 Å². The maximum atomic E-state index is 10.7. The summed E-state index contributed by atoms with van der Waals surface area (Å²) in [5.41, 5.74) is 0. The van der Waals surface area contributed by atoms with E-state index in [2.05, 4.69) is 0 Å². The van der Waals surface area contributed by atoms with Crippen molar-refractivity contribution < 1.29 is 20.1 Å². The SMILES string of the molecule is O=C(O)C(CO)C(O)CC[C]1CCCCC1.